The molecule has 1 heterocycles. The fourth-order valence-corrected chi connectivity index (χ4v) is 4.36. The van der Waals surface area contributed by atoms with E-state index in [4.69, 9.17) is 0 Å². The number of benzene rings is 2. The number of alkyl halides is 3. The van der Waals surface area contributed by atoms with Gasteiger partial charge < -0.3 is 9.80 Å². The summed E-state index contributed by atoms with van der Waals surface area (Å²) in [5, 5.41) is 2.26. The van der Waals surface area contributed by atoms with Gasteiger partial charge in [-0.1, -0.05) is 36.4 Å². The molecule has 0 spiro atoms. The second-order valence-corrected chi connectivity index (χ2v) is 7.95. The summed E-state index contributed by atoms with van der Waals surface area (Å²) >= 11 is 0. The second kappa shape index (κ2) is 7.04. The molecule has 1 atom stereocenters. The third-order valence-electron chi connectivity index (χ3n) is 5.82. The standard InChI is InChI=1S/C24H24F3N3/c1-14-16-9-6-7-10-17(16)21(29(3)4)13-18(14)23-15(2)28-22-19(24(25,26)27)11-8-12-20(22)30(23)5/h6-13,19H,1-5H3. The first-order chi connectivity index (χ1) is 14.1. The molecule has 6 heteroatoms. The maximum atomic E-state index is 13.6. The minimum atomic E-state index is -4.37. The van der Waals surface area contributed by atoms with E-state index in [2.05, 4.69) is 35.0 Å². The van der Waals surface area contributed by atoms with Gasteiger partial charge in [0.25, 0.3) is 0 Å². The van der Waals surface area contributed by atoms with Crippen LogP contribution in [0.1, 0.15) is 18.1 Å². The summed E-state index contributed by atoms with van der Waals surface area (Å²) in [4.78, 5) is 8.36. The monoisotopic (exact) mass is 411 g/mol. The van der Waals surface area contributed by atoms with E-state index in [0.29, 0.717) is 11.4 Å². The lowest BCUT2D eigenvalue weighted by atomic mass is 9.90. The van der Waals surface area contributed by atoms with Crippen molar-refractivity contribution < 1.29 is 13.2 Å². The highest BCUT2D eigenvalue weighted by Gasteiger charge is 2.45. The van der Waals surface area contributed by atoms with Crippen molar-refractivity contribution in [2.24, 2.45) is 10.9 Å². The van der Waals surface area contributed by atoms with Crippen LogP contribution in [0, 0.1) is 12.8 Å². The Balaban J connectivity index is 1.97. The molecule has 3 nitrogen and oxygen atoms in total. The number of fused-ring (bicyclic) bond motifs is 2. The van der Waals surface area contributed by atoms with Crippen molar-refractivity contribution in [2.45, 2.75) is 20.0 Å². The number of anilines is 1. The van der Waals surface area contributed by atoms with E-state index >= 15 is 0 Å². The number of aryl methyl sites for hydroxylation is 1. The first kappa shape index (κ1) is 20.3. The van der Waals surface area contributed by atoms with Crippen molar-refractivity contribution >= 4 is 27.9 Å². The summed E-state index contributed by atoms with van der Waals surface area (Å²) in [6.45, 7) is 3.84. The van der Waals surface area contributed by atoms with Gasteiger partial charge in [-0.15, -0.1) is 0 Å². The Morgan fingerprint density at radius 3 is 2.37 bits per heavy atom. The van der Waals surface area contributed by atoms with Crippen LogP contribution < -0.4 is 4.90 Å². The molecule has 0 N–H and O–H groups in total. The summed E-state index contributed by atoms with van der Waals surface area (Å²) in [7, 11) is 5.80. The molecule has 0 saturated carbocycles. The molecule has 156 valence electrons. The van der Waals surface area contributed by atoms with E-state index in [9.17, 15) is 13.2 Å². The van der Waals surface area contributed by atoms with Crippen LogP contribution in [0.15, 0.2) is 64.9 Å². The Labute approximate surface area is 174 Å². The summed E-state index contributed by atoms with van der Waals surface area (Å²) in [6.07, 6.45) is -0.0270. The maximum Gasteiger partial charge on any atom is 0.400 e. The number of rotatable bonds is 2. The first-order valence-electron chi connectivity index (χ1n) is 9.80. The molecule has 0 bridgehead atoms. The van der Waals surface area contributed by atoms with Gasteiger partial charge in [-0.2, -0.15) is 13.2 Å². The fourth-order valence-electron chi connectivity index (χ4n) is 4.36. The van der Waals surface area contributed by atoms with Crippen molar-refractivity contribution in [3.63, 3.8) is 0 Å². The average Bonchev–Trinajstić information content (AvgIpc) is 2.68. The molecule has 0 fully saturated rings. The molecule has 0 saturated heterocycles. The molecular weight excluding hydrogens is 387 g/mol. The van der Waals surface area contributed by atoms with Crippen LogP contribution in [-0.2, 0) is 0 Å². The van der Waals surface area contributed by atoms with E-state index < -0.39 is 12.1 Å². The van der Waals surface area contributed by atoms with Gasteiger partial charge in [0.15, 0.2) is 0 Å². The highest BCUT2D eigenvalue weighted by atomic mass is 19.4. The van der Waals surface area contributed by atoms with E-state index in [-0.39, 0.29) is 5.71 Å². The van der Waals surface area contributed by atoms with Gasteiger partial charge in [0.2, 0.25) is 0 Å². The number of halogens is 3. The summed E-state index contributed by atoms with van der Waals surface area (Å²) in [6, 6.07) is 10.3. The van der Waals surface area contributed by atoms with Crippen LogP contribution in [0.4, 0.5) is 18.9 Å². The van der Waals surface area contributed by atoms with Crippen molar-refractivity contribution in [3.05, 3.63) is 71.1 Å². The minimum absolute atomic E-state index is 0.0556. The Morgan fingerprint density at radius 1 is 1.07 bits per heavy atom. The molecule has 0 amide bonds. The largest absolute Gasteiger partial charge is 0.400 e. The molecule has 2 aromatic rings. The lowest BCUT2D eigenvalue weighted by Gasteiger charge is -2.36. The lowest BCUT2D eigenvalue weighted by molar-refractivity contribution is -0.143. The van der Waals surface area contributed by atoms with E-state index in [1.807, 2.05) is 38.2 Å². The zero-order valence-corrected chi connectivity index (χ0v) is 17.7. The molecule has 30 heavy (non-hydrogen) atoms. The van der Waals surface area contributed by atoms with Crippen LogP contribution >= 0.6 is 0 Å². The van der Waals surface area contributed by atoms with Crippen molar-refractivity contribution in [3.8, 4) is 0 Å². The summed E-state index contributed by atoms with van der Waals surface area (Å²) < 4.78 is 40.7. The van der Waals surface area contributed by atoms with Crippen molar-refractivity contribution in [1.82, 2.24) is 4.90 Å². The van der Waals surface area contributed by atoms with Crippen LogP contribution in [-0.4, -0.2) is 37.9 Å². The number of hydrogen-bond donors (Lipinski definition) is 0. The van der Waals surface area contributed by atoms with E-state index in [1.165, 1.54) is 12.2 Å². The zero-order chi connectivity index (χ0) is 21.8. The van der Waals surface area contributed by atoms with Crippen LogP contribution in [0.5, 0.6) is 0 Å². The molecule has 2 aromatic carbocycles. The Hall–Kier alpha value is -3.02. The average molecular weight is 411 g/mol. The maximum absolute atomic E-state index is 13.6. The second-order valence-electron chi connectivity index (χ2n) is 7.95. The quantitative estimate of drug-likeness (QED) is 0.611. The smallest absolute Gasteiger partial charge is 0.377 e. The number of allylic oxidation sites excluding steroid dienone is 5. The fraction of sp³-hybridized carbons (Fsp3) is 0.292. The van der Waals surface area contributed by atoms with Crippen molar-refractivity contribution in [1.29, 1.82) is 0 Å². The SMILES string of the molecule is CC1=C(c2cc(N(C)C)c3ccccc3c2C)N(C)C2=CC=CC(C(F)(F)F)C2=N1. The minimum Gasteiger partial charge on any atom is -0.377 e. The highest BCUT2D eigenvalue weighted by Crippen LogP contribution is 2.42. The molecular formula is C24H24F3N3. The van der Waals surface area contributed by atoms with E-state index in [0.717, 1.165) is 33.3 Å². The van der Waals surface area contributed by atoms with E-state index in [1.54, 1.807) is 13.0 Å². The van der Waals surface area contributed by atoms with Gasteiger partial charge in [0.05, 0.1) is 22.8 Å². The number of aliphatic imine (C=N–C) groups is 1. The Morgan fingerprint density at radius 2 is 1.73 bits per heavy atom. The lowest BCUT2D eigenvalue weighted by Crippen LogP contribution is -2.38. The van der Waals surface area contributed by atoms with Gasteiger partial charge in [-0.25, -0.2) is 0 Å². The molecule has 1 unspecified atom stereocenters. The third kappa shape index (κ3) is 3.11. The van der Waals surface area contributed by atoms with Gasteiger partial charge in [0.1, 0.15) is 5.92 Å². The predicted octanol–water partition coefficient (Wildman–Crippen LogP) is 5.92. The topological polar surface area (TPSA) is 18.8 Å². The number of nitrogens with zero attached hydrogens (tertiary/aromatic N) is 3. The van der Waals surface area contributed by atoms with Gasteiger partial charge in [0, 0.05) is 37.8 Å². The summed E-state index contributed by atoms with van der Waals surface area (Å²) in [5.41, 5.74) is 5.05. The van der Waals surface area contributed by atoms with Gasteiger partial charge in [-0.3, -0.25) is 4.99 Å². The molecule has 2 aliphatic rings. The predicted molar refractivity (Wildman–Crippen MR) is 118 cm³/mol. The third-order valence-corrected chi connectivity index (χ3v) is 5.82. The van der Waals surface area contributed by atoms with Crippen LogP contribution in [0.3, 0.4) is 0 Å². The number of hydrogen-bond acceptors (Lipinski definition) is 3. The van der Waals surface area contributed by atoms with Gasteiger partial charge >= 0.3 is 6.18 Å². The highest BCUT2D eigenvalue weighted by molar-refractivity contribution is 6.08. The molecule has 0 aromatic heterocycles. The van der Waals surface area contributed by atoms with Gasteiger partial charge in [-0.05, 0) is 36.9 Å². The Bertz CT molecular complexity index is 1150. The van der Waals surface area contributed by atoms with Crippen LogP contribution in [0.2, 0.25) is 0 Å². The zero-order valence-electron chi connectivity index (χ0n) is 17.7. The van der Waals surface area contributed by atoms with Crippen LogP contribution in [0.25, 0.3) is 16.5 Å². The Kier molecular flexibility index (Phi) is 4.76. The molecule has 4 rings (SSSR count). The molecule has 1 aliphatic heterocycles. The normalized spacial score (nSPS) is 19.1. The first-order valence-corrected chi connectivity index (χ1v) is 9.80. The molecule has 0 radical (unpaired) electrons. The molecule has 1 aliphatic carbocycles. The van der Waals surface area contributed by atoms with Crippen molar-refractivity contribution in [2.75, 3.05) is 26.0 Å². The summed E-state index contributed by atoms with van der Waals surface area (Å²) in [5.74, 6) is -1.69.